The second-order valence-corrected chi connectivity index (χ2v) is 6.99. The largest absolute Gasteiger partial charge is 0.398 e. The van der Waals surface area contributed by atoms with E-state index in [9.17, 15) is 13.5 Å². The van der Waals surface area contributed by atoms with E-state index in [1.807, 2.05) is 0 Å². The Morgan fingerprint density at radius 1 is 1.47 bits per heavy atom. The molecule has 106 valence electrons. The van der Waals surface area contributed by atoms with E-state index in [4.69, 9.17) is 17.3 Å². The third-order valence-electron chi connectivity index (χ3n) is 3.34. The van der Waals surface area contributed by atoms with Crippen LogP contribution in [-0.4, -0.2) is 37.5 Å². The van der Waals surface area contributed by atoms with Crippen molar-refractivity contribution in [2.45, 2.75) is 17.7 Å². The van der Waals surface area contributed by atoms with Crippen molar-refractivity contribution in [1.29, 1.82) is 0 Å². The summed E-state index contributed by atoms with van der Waals surface area (Å²) in [6.45, 7) is 0.733. The van der Waals surface area contributed by atoms with E-state index in [1.54, 1.807) is 6.07 Å². The minimum atomic E-state index is -3.70. The predicted octanol–water partition coefficient (Wildman–Crippen LogP) is 1.32. The van der Waals surface area contributed by atoms with E-state index in [0.29, 0.717) is 13.1 Å². The first kappa shape index (κ1) is 14.6. The first-order chi connectivity index (χ1) is 8.96. The summed E-state index contributed by atoms with van der Waals surface area (Å²) in [7, 11) is -3.70. The highest BCUT2D eigenvalue weighted by Crippen LogP contribution is 2.32. The average molecular weight is 305 g/mol. The van der Waals surface area contributed by atoms with Crippen molar-refractivity contribution in [3.8, 4) is 0 Å². The molecule has 0 amide bonds. The van der Waals surface area contributed by atoms with E-state index in [2.05, 4.69) is 0 Å². The zero-order chi connectivity index (χ0) is 14.0. The van der Waals surface area contributed by atoms with Gasteiger partial charge in [-0.25, -0.2) is 8.42 Å². The Bertz CT molecular complexity index is 542. The molecule has 0 spiro atoms. The van der Waals surface area contributed by atoms with Crippen molar-refractivity contribution in [2.75, 3.05) is 25.4 Å². The number of sulfonamides is 1. The maximum atomic E-state index is 12.6. The van der Waals surface area contributed by atoms with E-state index in [1.165, 1.54) is 16.4 Å². The lowest BCUT2D eigenvalue weighted by Gasteiger charge is -2.31. The molecule has 1 aromatic carbocycles. The van der Waals surface area contributed by atoms with E-state index >= 15 is 0 Å². The number of piperidine rings is 1. The molecule has 1 fully saturated rings. The number of nitrogen functional groups attached to an aromatic ring is 1. The number of nitrogens with two attached hydrogens (primary N) is 1. The number of hydrogen-bond acceptors (Lipinski definition) is 4. The average Bonchev–Trinajstić information content (AvgIpc) is 2.38. The summed E-state index contributed by atoms with van der Waals surface area (Å²) in [5.41, 5.74) is 5.89. The molecule has 1 aliphatic rings. The fraction of sp³-hybridized carbons (Fsp3) is 0.500. The number of halogens is 1. The van der Waals surface area contributed by atoms with Crippen LogP contribution in [0.25, 0.3) is 0 Å². The fourth-order valence-electron chi connectivity index (χ4n) is 2.32. The van der Waals surface area contributed by atoms with Crippen LogP contribution < -0.4 is 5.73 Å². The number of benzene rings is 1. The van der Waals surface area contributed by atoms with Gasteiger partial charge in [-0.05, 0) is 30.9 Å². The van der Waals surface area contributed by atoms with E-state index in [0.717, 1.165) is 12.8 Å². The van der Waals surface area contributed by atoms with Crippen LogP contribution in [0.3, 0.4) is 0 Å². The molecule has 1 aliphatic heterocycles. The Morgan fingerprint density at radius 2 is 2.21 bits per heavy atom. The molecule has 5 nitrogen and oxygen atoms in total. The van der Waals surface area contributed by atoms with Crippen molar-refractivity contribution in [3.05, 3.63) is 23.2 Å². The number of anilines is 1. The maximum absolute atomic E-state index is 12.6. The first-order valence-electron chi connectivity index (χ1n) is 6.12. The zero-order valence-electron chi connectivity index (χ0n) is 10.4. The molecule has 0 aromatic heterocycles. The van der Waals surface area contributed by atoms with Crippen LogP contribution in [0.5, 0.6) is 0 Å². The Kier molecular flexibility index (Phi) is 4.35. The lowest BCUT2D eigenvalue weighted by molar-refractivity contribution is 0.165. The zero-order valence-corrected chi connectivity index (χ0v) is 12.0. The van der Waals surface area contributed by atoms with Crippen LogP contribution in [-0.2, 0) is 10.0 Å². The molecule has 1 saturated heterocycles. The molecule has 7 heteroatoms. The topological polar surface area (TPSA) is 83.6 Å². The van der Waals surface area contributed by atoms with Gasteiger partial charge in [-0.15, -0.1) is 0 Å². The van der Waals surface area contributed by atoms with Gasteiger partial charge in [0.1, 0.15) is 4.90 Å². The molecule has 0 saturated carbocycles. The normalized spacial score (nSPS) is 21.5. The third kappa shape index (κ3) is 2.86. The highest BCUT2D eigenvalue weighted by Gasteiger charge is 2.32. The summed E-state index contributed by atoms with van der Waals surface area (Å²) in [4.78, 5) is -0.0322. The Balaban J connectivity index is 2.37. The van der Waals surface area contributed by atoms with Crippen LogP contribution in [0.2, 0.25) is 5.02 Å². The highest BCUT2D eigenvalue weighted by molar-refractivity contribution is 7.89. The van der Waals surface area contributed by atoms with Gasteiger partial charge < -0.3 is 10.8 Å². The molecular formula is C12H17ClN2O3S. The molecule has 3 N–H and O–H groups in total. The molecule has 19 heavy (non-hydrogen) atoms. The van der Waals surface area contributed by atoms with Gasteiger partial charge in [0.2, 0.25) is 10.0 Å². The Morgan fingerprint density at radius 3 is 2.84 bits per heavy atom. The summed E-state index contributed by atoms with van der Waals surface area (Å²) in [5.74, 6) is -0.0211. The molecule has 1 aromatic rings. The Labute approximate surface area is 118 Å². The number of aliphatic hydroxyl groups excluding tert-OH is 1. The number of nitrogens with zero attached hydrogens (tertiary/aromatic N) is 1. The van der Waals surface area contributed by atoms with Gasteiger partial charge in [0.05, 0.1) is 10.7 Å². The van der Waals surface area contributed by atoms with Crippen molar-refractivity contribution in [3.63, 3.8) is 0 Å². The lowest BCUT2D eigenvalue weighted by atomic mass is 10.0. The summed E-state index contributed by atoms with van der Waals surface area (Å²) < 4.78 is 26.5. The smallest absolute Gasteiger partial charge is 0.246 e. The minimum absolute atomic E-state index is 0.00990. The van der Waals surface area contributed by atoms with E-state index in [-0.39, 0.29) is 28.1 Å². The van der Waals surface area contributed by atoms with Crippen LogP contribution in [0.15, 0.2) is 23.1 Å². The lowest BCUT2D eigenvalue weighted by Crippen LogP contribution is -2.41. The molecule has 1 atom stereocenters. The van der Waals surface area contributed by atoms with Crippen LogP contribution in [0.4, 0.5) is 5.69 Å². The van der Waals surface area contributed by atoms with Gasteiger partial charge >= 0.3 is 0 Å². The molecule has 2 rings (SSSR count). The van der Waals surface area contributed by atoms with Gasteiger partial charge in [0, 0.05) is 19.7 Å². The molecular weight excluding hydrogens is 288 g/mol. The third-order valence-corrected chi connectivity index (χ3v) is 5.75. The second-order valence-electron chi connectivity index (χ2n) is 4.71. The number of aliphatic hydroxyl groups is 1. The SMILES string of the molecule is Nc1cccc(Cl)c1S(=O)(=O)N1CCCC(CO)C1. The van der Waals surface area contributed by atoms with Crippen molar-refractivity contribution < 1.29 is 13.5 Å². The maximum Gasteiger partial charge on any atom is 0.246 e. The molecule has 1 unspecified atom stereocenters. The fourth-order valence-corrected chi connectivity index (χ4v) is 4.51. The highest BCUT2D eigenvalue weighted by atomic mass is 35.5. The first-order valence-corrected chi connectivity index (χ1v) is 7.93. The van der Waals surface area contributed by atoms with Gasteiger partial charge in [-0.3, -0.25) is 0 Å². The van der Waals surface area contributed by atoms with E-state index < -0.39 is 10.0 Å². The number of rotatable bonds is 3. The quantitative estimate of drug-likeness (QED) is 0.825. The summed E-state index contributed by atoms with van der Waals surface area (Å²) in [6, 6.07) is 4.65. The summed E-state index contributed by atoms with van der Waals surface area (Å²) in [6.07, 6.45) is 1.56. The molecule has 1 heterocycles. The predicted molar refractivity (Wildman–Crippen MR) is 74.4 cm³/mol. The minimum Gasteiger partial charge on any atom is -0.398 e. The van der Waals surface area contributed by atoms with Crippen LogP contribution in [0, 0.1) is 5.92 Å². The van der Waals surface area contributed by atoms with Gasteiger partial charge in [0.15, 0.2) is 0 Å². The van der Waals surface area contributed by atoms with Gasteiger partial charge in [0.25, 0.3) is 0 Å². The monoisotopic (exact) mass is 304 g/mol. The van der Waals surface area contributed by atoms with Crippen molar-refractivity contribution in [2.24, 2.45) is 5.92 Å². The molecule has 0 bridgehead atoms. The number of hydrogen-bond donors (Lipinski definition) is 2. The summed E-state index contributed by atoms with van der Waals surface area (Å²) in [5, 5.41) is 9.31. The van der Waals surface area contributed by atoms with Crippen molar-refractivity contribution in [1.82, 2.24) is 4.31 Å². The molecule has 0 radical (unpaired) electrons. The van der Waals surface area contributed by atoms with Crippen molar-refractivity contribution >= 4 is 27.3 Å². The standard InChI is InChI=1S/C12H17ClN2O3S/c13-10-4-1-5-11(14)12(10)19(17,18)15-6-2-3-9(7-15)8-16/h1,4-5,9,16H,2-3,6-8,14H2. The van der Waals surface area contributed by atoms with Crippen LogP contribution in [0.1, 0.15) is 12.8 Å². The van der Waals surface area contributed by atoms with Gasteiger partial charge in [-0.2, -0.15) is 4.31 Å². The summed E-state index contributed by atoms with van der Waals surface area (Å²) >= 11 is 5.97. The second kappa shape index (κ2) is 5.66. The molecule has 0 aliphatic carbocycles. The van der Waals surface area contributed by atoms with Gasteiger partial charge in [-0.1, -0.05) is 17.7 Å². The van der Waals surface area contributed by atoms with Crippen LogP contribution >= 0.6 is 11.6 Å². The Hall–Kier alpha value is -0.820.